The molecule has 4 heteroatoms. The van der Waals surface area contributed by atoms with Gasteiger partial charge in [-0.3, -0.25) is 4.68 Å². The molecule has 4 nitrogen and oxygen atoms in total. The molecule has 1 aromatic carbocycles. The zero-order valence-electron chi connectivity index (χ0n) is 10.1. The minimum atomic E-state index is -0.0216. The molecule has 1 unspecified atom stereocenters. The van der Waals surface area contributed by atoms with Crippen molar-refractivity contribution in [2.24, 2.45) is 7.05 Å². The number of hydrogen-bond acceptors (Lipinski definition) is 3. The summed E-state index contributed by atoms with van der Waals surface area (Å²) in [5.74, 6) is 0. The van der Waals surface area contributed by atoms with Crippen LogP contribution in [0.1, 0.15) is 11.6 Å². The molecular formula is C13H17N3O. The van der Waals surface area contributed by atoms with Crippen LogP contribution in [0.2, 0.25) is 0 Å². The lowest BCUT2D eigenvalue weighted by Crippen LogP contribution is -2.19. The topological polar surface area (TPSA) is 50.1 Å². The van der Waals surface area contributed by atoms with E-state index in [4.69, 9.17) is 0 Å². The molecule has 0 amide bonds. The van der Waals surface area contributed by atoms with Crippen LogP contribution in [0, 0.1) is 0 Å². The van der Waals surface area contributed by atoms with Crippen LogP contribution in [-0.2, 0) is 7.05 Å². The van der Waals surface area contributed by atoms with E-state index in [1.807, 2.05) is 44.7 Å². The molecular weight excluding hydrogens is 214 g/mol. The Morgan fingerprint density at radius 3 is 2.82 bits per heavy atom. The van der Waals surface area contributed by atoms with E-state index in [2.05, 4.69) is 16.5 Å². The van der Waals surface area contributed by atoms with Crippen LogP contribution in [-0.4, -0.2) is 28.5 Å². The number of aryl methyl sites for hydroxylation is 1. The first-order chi connectivity index (χ1) is 8.24. The van der Waals surface area contributed by atoms with Crippen LogP contribution < -0.4 is 5.32 Å². The van der Waals surface area contributed by atoms with Gasteiger partial charge in [-0.2, -0.15) is 5.10 Å². The highest BCUT2D eigenvalue weighted by Crippen LogP contribution is 2.22. The maximum Gasteiger partial charge on any atom is 0.0626 e. The molecule has 0 spiro atoms. The van der Waals surface area contributed by atoms with E-state index in [1.54, 1.807) is 4.68 Å². The largest absolute Gasteiger partial charge is 0.394 e. The van der Waals surface area contributed by atoms with Gasteiger partial charge in [0.25, 0.3) is 0 Å². The number of nitrogens with zero attached hydrogens (tertiary/aromatic N) is 2. The van der Waals surface area contributed by atoms with Gasteiger partial charge < -0.3 is 10.4 Å². The Morgan fingerprint density at radius 2 is 2.24 bits per heavy atom. The maximum absolute atomic E-state index is 9.27. The zero-order valence-corrected chi connectivity index (χ0v) is 10.1. The molecule has 17 heavy (non-hydrogen) atoms. The minimum Gasteiger partial charge on any atom is -0.394 e. The molecule has 1 heterocycles. The van der Waals surface area contributed by atoms with Crippen molar-refractivity contribution in [1.82, 2.24) is 15.1 Å². The van der Waals surface area contributed by atoms with Crippen molar-refractivity contribution in [1.29, 1.82) is 0 Å². The van der Waals surface area contributed by atoms with Gasteiger partial charge in [-0.25, -0.2) is 0 Å². The summed E-state index contributed by atoms with van der Waals surface area (Å²) in [6, 6.07) is 8.11. The number of hydrogen-bond donors (Lipinski definition) is 2. The Hall–Kier alpha value is -1.65. The summed E-state index contributed by atoms with van der Waals surface area (Å²) in [5, 5.41) is 16.5. The summed E-state index contributed by atoms with van der Waals surface area (Å²) in [7, 11) is 3.75. The molecule has 0 saturated carbocycles. The lowest BCUT2D eigenvalue weighted by molar-refractivity contribution is 0.251. The van der Waals surface area contributed by atoms with Gasteiger partial charge in [0, 0.05) is 18.8 Å². The van der Waals surface area contributed by atoms with Crippen molar-refractivity contribution >= 4 is 0 Å². The van der Waals surface area contributed by atoms with Crippen molar-refractivity contribution in [3.8, 4) is 11.1 Å². The predicted octanol–water partition coefficient (Wildman–Crippen LogP) is 1.34. The highest BCUT2D eigenvalue weighted by Gasteiger charge is 2.09. The fraction of sp³-hybridized carbons (Fsp3) is 0.308. The Labute approximate surface area is 101 Å². The lowest BCUT2D eigenvalue weighted by Gasteiger charge is -2.14. The van der Waals surface area contributed by atoms with Gasteiger partial charge in [0.2, 0.25) is 0 Å². The quantitative estimate of drug-likeness (QED) is 0.835. The number of aliphatic hydroxyl groups excluding tert-OH is 1. The molecule has 1 atom stereocenters. The minimum absolute atomic E-state index is 0.0216. The van der Waals surface area contributed by atoms with Crippen LogP contribution >= 0.6 is 0 Å². The number of rotatable bonds is 4. The summed E-state index contributed by atoms with van der Waals surface area (Å²) in [6.45, 7) is 0.0903. The highest BCUT2D eigenvalue weighted by atomic mass is 16.3. The van der Waals surface area contributed by atoms with E-state index in [0.717, 1.165) is 16.7 Å². The second kappa shape index (κ2) is 5.12. The van der Waals surface area contributed by atoms with E-state index < -0.39 is 0 Å². The summed E-state index contributed by atoms with van der Waals surface area (Å²) >= 11 is 0. The van der Waals surface area contributed by atoms with Crippen molar-refractivity contribution in [3.63, 3.8) is 0 Å². The van der Waals surface area contributed by atoms with E-state index >= 15 is 0 Å². The van der Waals surface area contributed by atoms with Crippen LogP contribution in [0.25, 0.3) is 11.1 Å². The lowest BCUT2D eigenvalue weighted by atomic mass is 10.0. The molecule has 0 saturated heterocycles. The number of aliphatic hydroxyl groups is 1. The van der Waals surface area contributed by atoms with Gasteiger partial charge in [-0.15, -0.1) is 0 Å². The third kappa shape index (κ3) is 2.54. The fourth-order valence-electron chi connectivity index (χ4n) is 1.87. The van der Waals surface area contributed by atoms with Crippen LogP contribution in [0.4, 0.5) is 0 Å². The second-order valence-corrected chi connectivity index (χ2v) is 4.05. The molecule has 0 aliphatic heterocycles. The molecule has 2 rings (SSSR count). The van der Waals surface area contributed by atoms with E-state index in [0.29, 0.717) is 0 Å². The summed E-state index contributed by atoms with van der Waals surface area (Å²) < 4.78 is 1.78. The third-order valence-corrected chi connectivity index (χ3v) is 2.86. The Bertz CT molecular complexity index is 489. The van der Waals surface area contributed by atoms with Crippen molar-refractivity contribution < 1.29 is 5.11 Å². The average Bonchev–Trinajstić information content (AvgIpc) is 2.78. The molecule has 90 valence electrons. The molecule has 0 aliphatic rings. The SMILES string of the molecule is CNC(CO)c1cccc(-c2cnn(C)c2)c1. The molecule has 0 radical (unpaired) electrons. The number of benzene rings is 1. The van der Waals surface area contributed by atoms with Crippen LogP contribution in [0.15, 0.2) is 36.7 Å². The smallest absolute Gasteiger partial charge is 0.0626 e. The van der Waals surface area contributed by atoms with Gasteiger partial charge in [0.1, 0.15) is 0 Å². The normalized spacial score (nSPS) is 12.6. The Balaban J connectivity index is 2.34. The van der Waals surface area contributed by atoms with Gasteiger partial charge in [-0.05, 0) is 24.2 Å². The van der Waals surface area contributed by atoms with Crippen molar-refractivity contribution in [2.75, 3.05) is 13.7 Å². The first-order valence-electron chi connectivity index (χ1n) is 5.61. The molecule has 0 bridgehead atoms. The monoisotopic (exact) mass is 231 g/mol. The maximum atomic E-state index is 9.27. The zero-order chi connectivity index (χ0) is 12.3. The molecule has 0 fully saturated rings. The Morgan fingerprint density at radius 1 is 1.41 bits per heavy atom. The third-order valence-electron chi connectivity index (χ3n) is 2.86. The van der Waals surface area contributed by atoms with Crippen LogP contribution in [0.5, 0.6) is 0 Å². The summed E-state index contributed by atoms with van der Waals surface area (Å²) in [6.07, 6.45) is 3.82. The number of aromatic nitrogens is 2. The Kier molecular flexibility index (Phi) is 3.56. The standard InChI is InChI=1S/C13H17N3O/c1-14-13(9-17)11-5-3-4-10(6-11)12-7-15-16(2)8-12/h3-8,13-14,17H,9H2,1-2H3. The molecule has 1 aromatic heterocycles. The first kappa shape index (κ1) is 11.8. The van der Waals surface area contributed by atoms with Crippen molar-refractivity contribution in [2.45, 2.75) is 6.04 Å². The predicted molar refractivity (Wildman–Crippen MR) is 67.5 cm³/mol. The first-order valence-corrected chi connectivity index (χ1v) is 5.61. The van der Waals surface area contributed by atoms with Gasteiger partial charge in [0.15, 0.2) is 0 Å². The number of likely N-dealkylation sites (N-methyl/N-ethyl adjacent to an activating group) is 1. The molecule has 2 N–H and O–H groups in total. The average molecular weight is 231 g/mol. The van der Waals surface area contributed by atoms with E-state index in [9.17, 15) is 5.11 Å². The molecule has 0 aliphatic carbocycles. The molecule has 2 aromatic rings. The van der Waals surface area contributed by atoms with Gasteiger partial charge >= 0.3 is 0 Å². The highest BCUT2D eigenvalue weighted by molar-refractivity contribution is 5.62. The second-order valence-electron chi connectivity index (χ2n) is 4.05. The van der Waals surface area contributed by atoms with E-state index in [-0.39, 0.29) is 12.6 Å². The number of nitrogens with one attached hydrogen (secondary N) is 1. The summed E-state index contributed by atoms with van der Waals surface area (Å²) in [4.78, 5) is 0. The van der Waals surface area contributed by atoms with Gasteiger partial charge in [-0.1, -0.05) is 18.2 Å². The van der Waals surface area contributed by atoms with E-state index in [1.165, 1.54) is 0 Å². The van der Waals surface area contributed by atoms with Crippen molar-refractivity contribution in [3.05, 3.63) is 42.2 Å². The fourth-order valence-corrected chi connectivity index (χ4v) is 1.87. The van der Waals surface area contributed by atoms with Gasteiger partial charge in [0.05, 0.1) is 18.8 Å². The van der Waals surface area contributed by atoms with Crippen LogP contribution in [0.3, 0.4) is 0 Å². The summed E-state index contributed by atoms with van der Waals surface area (Å²) in [5.41, 5.74) is 3.28.